The van der Waals surface area contributed by atoms with Gasteiger partial charge in [0.1, 0.15) is 0 Å². The maximum atomic E-state index is 10.8. The minimum Gasteiger partial charge on any atom is -0.382 e. The van der Waals surface area contributed by atoms with Crippen molar-refractivity contribution in [3.63, 3.8) is 0 Å². The summed E-state index contributed by atoms with van der Waals surface area (Å²) in [4.78, 5) is 10.5. The van der Waals surface area contributed by atoms with Crippen LogP contribution in [0.15, 0.2) is 18.2 Å². The Bertz CT molecular complexity index is 414. The monoisotopic (exact) mass is 235 g/mol. The second kappa shape index (κ2) is 5.14. The van der Waals surface area contributed by atoms with E-state index in [0.29, 0.717) is 11.6 Å². The first-order chi connectivity index (χ1) is 8.16. The maximum absolute atomic E-state index is 10.8. The van der Waals surface area contributed by atoms with Gasteiger partial charge < -0.3 is 10.6 Å². The Morgan fingerprint density at radius 2 is 2.12 bits per heavy atom. The van der Waals surface area contributed by atoms with Crippen molar-refractivity contribution in [1.29, 1.82) is 0 Å². The van der Waals surface area contributed by atoms with E-state index >= 15 is 0 Å². The fraction of sp³-hybridized carbons (Fsp3) is 0.500. The molecule has 0 spiro atoms. The highest BCUT2D eigenvalue weighted by molar-refractivity contribution is 5.55. The van der Waals surface area contributed by atoms with Crippen LogP contribution < -0.4 is 10.6 Å². The molecule has 0 saturated carbocycles. The molecule has 1 fully saturated rings. The van der Waals surface area contributed by atoms with Gasteiger partial charge in [-0.1, -0.05) is 6.07 Å². The van der Waals surface area contributed by atoms with E-state index in [1.54, 1.807) is 19.1 Å². The molecule has 1 heterocycles. The number of aryl methyl sites for hydroxylation is 1. The number of nitro groups is 1. The molecule has 2 rings (SSSR count). The van der Waals surface area contributed by atoms with E-state index in [1.165, 1.54) is 0 Å². The van der Waals surface area contributed by atoms with Gasteiger partial charge in [-0.25, -0.2) is 0 Å². The minimum absolute atomic E-state index is 0.184. The Hall–Kier alpha value is -1.62. The van der Waals surface area contributed by atoms with E-state index in [2.05, 4.69) is 10.6 Å². The van der Waals surface area contributed by atoms with Crippen LogP contribution in [-0.2, 0) is 0 Å². The van der Waals surface area contributed by atoms with Gasteiger partial charge in [0.05, 0.1) is 4.92 Å². The molecule has 1 aromatic rings. The van der Waals surface area contributed by atoms with E-state index in [-0.39, 0.29) is 10.6 Å². The number of benzene rings is 1. The number of nitro benzene ring substituents is 1. The number of piperidine rings is 1. The first-order valence-corrected chi connectivity index (χ1v) is 5.89. The zero-order valence-corrected chi connectivity index (χ0v) is 9.90. The van der Waals surface area contributed by atoms with E-state index < -0.39 is 0 Å². The van der Waals surface area contributed by atoms with E-state index in [0.717, 1.165) is 31.6 Å². The zero-order valence-electron chi connectivity index (χ0n) is 9.90. The molecule has 1 saturated heterocycles. The molecule has 1 aliphatic heterocycles. The summed E-state index contributed by atoms with van der Waals surface area (Å²) in [5.41, 5.74) is 1.73. The van der Waals surface area contributed by atoms with Crippen molar-refractivity contribution in [3.05, 3.63) is 33.9 Å². The summed E-state index contributed by atoms with van der Waals surface area (Å²) in [6.07, 6.45) is 2.11. The molecule has 0 aliphatic carbocycles. The highest BCUT2D eigenvalue weighted by atomic mass is 16.6. The van der Waals surface area contributed by atoms with Crippen LogP contribution in [0, 0.1) is 17.0 Å². The third-order valence-electron chi connectivity index (χ3n) is 3.12. The highest BCUT2D eigenvalue weighted by Gasteiger charge is 2.15. The molecule has 0 bridgehead atoms. The number of nitrogens with one attached hydrogen (secondary N) is 2. The lowest BCUT2D eigenvalue weighted by atomic mass is 10.1. The van der Waals surface area contributed by atoms with Crippen LogP contribution in [0.5, 0.6) is 0 Å². The summed E-state index contributed by atoms with van der Waals surface area (Å²) in [5, 5.41) is 17.5. The van der Waals surface area contributed by atoms with Crippen LogP contribution in [0.4, 0.5) is 11.4 Å². The summed E-state index contributed by atoms with van der Waals surface area (Å²) in [7, 11) is 0. The lowest BCUT2D eigenvalue weighted by molar-refractivity contribution is -0.385. The molecular weight excluding hydrogens is 218 g/mol. The molecule has 0 unspecified atom stereocenters. The van der Waals surface area contributed by atoms with Crippen molar-refractivity contribution < 1.29 is 4.92 Å². The van der Waals surface area contributed by atoms with Crippen LogP contribution >= 0.6 is 0 Å². The first-order valence-electron chi connectivity index (χ1n) is 5.89. The smallest absolute Gasteiger partial charge is 0.274 e. The van der Waals surface area contributed by atoms with Gasteiger partial charge in [0.15, 0.2) is 0 Å². The second-order valence-electron chi connectivity index (χ2n) is 4.43. The normalized spacial score (nSPS) is 16.8. The molecular formula is C12H17N3O2. The average Bonchev–Trinajstić information content (AvgIpc) is 2.32. The number of hydrogen-bond acceptors (Lipinski definition) is 4. The van der Waals surface area contributed by atoms with Gasteiger partial charge in [-0.2, -0.15) is 0 Å². The molecule has 1 aromatic carbocycles. The standard InChI is InChI=1S/C12H17N3O2/c1-9-2-3-11(8-12(9)15(16)17)14-10-4-6-13-7-5-10/h2-3,8,10,13-14H,4-7H2,1H3. The van der Waals surface area contributed by atoms with Crippen LogP contribution in [0.2, 0.25) is 0 Å². The fourth-order valence-electron chi connectivity index (χ4n) is 2.10. The number of nitrogens with zero attached hydrogens (tertiary/aromatic N) is 1. The lowest BCUT2D eigenvalue weighted by Gasteiger charge is -2.24. The molecule has 0 aromatic heterocycles. The summed E-state index contributed by atoms with van der Waals surface area (Å²) >= 11 is 0. The molecule has 0 radical (unpaired) electrons. The van der Waals surface area contributed by atoms with E-state index in [1.807, 2.05) is 6.07 Å². The molecule has 5 nitrogen and oxygen atoms in total. The van der Waals surface area contributed by atoms with Crippen LogP contribution in [0.3, 0.4) is 0 Å². The topological polar surface area (TPSA) is 67.2 Å². The van der Waals surface area contributed by atoms with Crippen molar-refractivity contribution in [1.82, 2.24) is 5.32 Å². The molecule has 92 valence electrons. The van der Waals surface area contributed by atoms with E-state index in [4.69, 9.17) is 0 Å². The van der Waals surface area contributed by atoms with E-state index in [9.17, 15) is 10.1 Å². The number of hydrogen-bond donors (Lipinski definition) is 2. The second-order valence-corrected chi connectivity index (χ2v) is 4.43. The highest BCUT2D eigenvalue weighted by Crippen LogP contribution is 2.23. The summed E-state index contributed by atoms with van der Waals surface area (Å²) < 4.78 is 0. The van der Waals surface area contributed by atoms with Gasteiger partial charge in [0.25, 0.3) is 5.69 Å². The average molecular weight is 235 g/mol. The van der Waals surface area contributed by atoms with Crippen LogP contribution in [0.1, 0.15) is 18.4 Å². The summed E-state index contributed by atoms with van der Waals surface area (Å²) in [6, 6.07) is 5.74. The molecule has 1 aliphatic rings. The van der Waals surface area contributed by atoms with Crippen molar-refractivity contribution in [3.8, 4) is 0 Å². The van der Waals surface area contributed by atoms with Crippen LogP contribution in [-0.4, -0.2) is 24.1 Å². The van der Waals surface area contributed by atoms with Crippen molar-refractivity contribution >= 4 is 11.4 Å². The number of anilines is 1. The summed E-state index contributed by atoms with van der Waals surface area (Å²) in [5.74, 6) is 0. The Labute approximate surface area is 100 Å². The SMILES string of the molecule is Cc1ccc(NC2CCNCC2)cc1[N+](=O)[O-]. The predicted molar refractivity (Wildman–Crippen MR) is 67.3 cm³/mol. The maximum Gasteiger partial charge on any atom is 0.274 e. The molecule has 0 atom stereocenters. The molecule has 2 N–H and O–H groups in total. The van der Waals surface area contributed by atoms with Gasteiger partial charge in [-0.15, -0.1) is 0 Å². The Balaban J connectivity index is 2.10. The van der Waals surface area contributed by atoms with Gasteiger partial charge in [-0.3, -0.25) is 10.1 Å². The Kier molecular flexibility index (Phi) is 3.58. The van der Waals surface area contributed by atoms with Crippen molar-refractivity contribution in [2.24, 2.45) is 0 Å². The fourth-order valence-corrected chi connectivity index (χ4v) is 2.10. The third-order valence-corrected chi connectivity index (χ3v) is 3.12. The number of rotatable bonds is 3. The predicted octanol–water partition coefficient (Wildman–Crippen LogP) is 2.07. The first kappa shape index (κ1) is 11.9. The Morgan fingerprint density at radius 1 is 1.41 bits per heavy atom. The molecule has 0 amide bonds. The largest absolute Gasteiger partial charge is 0.382 e. The van der Waals surface area contributed by atoms with Gasteiger partial charge >= 0.3 is 0 Å². The lowest BCUT2D eigenvalue weighted by Crippen LogP contribution is -2.35. The minimum atomic E-state index is -0.330. The van der Waals surface area contributed by atoms with Crippen molar-refractivity contribution in [2.45, 2.75) is 25.8 Å². The van der Waals surface area contributed by atoms with Crippen LogP contribution in [0.25, 0.3) is 0 Å². The quantitative estimate of drug-likeness (QED) is 0.621. The zero-order chi connectivity index (χ0) is 12.3. The molecule has 17 heavy (non-hydrogen) atoms. The Morgan fingerprint density at radius 3 is 2.76 bits per heavy atom. The van der Waals surface area contributed by atoms with Gasteiger partial charge in [-0.05, 0) is 38.9 Å². The summed E-state index contributed by atoms with van der Waals surface area (Å²) in [6.45, 7) is 3.77. The van der Waals surface area contributed by atoms with Gasteiger partial charge in [0.2, 0.25) is 0 Å². The molecule has 5 heteroatoms. The van der Waals surface area contributed by atoms with Gasteiger partial charge in [0, 0.05) is 23.4 Å². The third kappa shape index (κ3) is 2.94. The van der Waals surface area contributed by atoms with Crippen molar-refractivity contribution in [2.75, 3.05) is 18.4 Å².